The van der Waals surface area contributed by atoms with Crippen LogP contribution in [0.25, 0.3) is 0 Å². The molecule has 0 aromatic carbocycles. The minimum atomic E-state index is 0.319. The van der Waals surface area contributed by atoms with Gasteiger partial charge in [-0.05, 0) is 19.8 Å². The Bertz CT molecular complexity index is 328. The summed E-state index contributed by atoms with van der Waals surface area (Å²) in [6.07, 6.45) is 1.65. The third kappa shape index (κ3) is 1.72. The van der Waals surface area contributed by atoms with Crippen molar-refractivity contribution in [2.75, 3.05) is 0 Å². The normalized spacial score (nSPS) is 10.8. The molecule has 0 fully saturated rings. The van der Waals surface area contributed by atoms with Gasteiger partial charge in [-0.2, -0.15) is 10.4 Å². The zero-order valence-electron chi connectivity index (χ0n) is 8.57. The molecule has 3 heteroatoms. The third-order valence-electron chi connectivity index (χ3n) is 1.99. The summed E-state index contributed by atoms with van der Waals surface area (Å²) in [5, 5.41) is 13.1. The average molecular weight is 177 g/mol. The summed E-state index contributed by atoms with van der Waals surface area (Å²) >= 11 is 0. The molecular formula is C10H15N3. The van der Waals surface area contributed by atoms with Gasteiger partial charge in [-0.1, -0.05) is 13.8 Å². The van der Waals surface area contributed by atoms with E-state index in [1.807, 2.05) is 4.68 Å². The molecule has 3 nitrogen and oxygen atoms in total. The molecule has 0 aliphatic carbocycles. The van der Waals surface area contributed by atoms with Gasteiger partial charge in [-0.25, -0.2) is 0 Å². The Balaban J connectivity index is 3.24. The first kappa shape index (κ1) is 9.79. The van der Waals surface area contributed by atoms with Crippen LogP contribution in [0.5, 0.6) is 0 Å². The molecule has 0 radical (unpaired) electrons. The maximum Gasteiger partial charge on any atom is 0.103 e. The van der Waals surface area contributed by atoms with Gasteiger partial charge in [0, 0.05) is 6.04 Å². The van der Waals surface area contributed by atoms with Crippen LogP contribution in [0, 0.1) is 11.3 Å². The number of hydrogen-bond acceptors (Lipinski definition) is 2. The molecule has 13 heavy (non-hydrogen) atoms. The SMILES string of the molecule is CC(C)c1c(C#N)cnn1C(C)C. The molecule has 1 rings (SSSR count). The topological polar surface area (TPSA) is 41.6 Å². The number of nitriles is 1. The molecule has 0 spiro atoms. The first-order chi connectivity index (χ1) is 6.07. The third-order valence-corrected chi connectivity index (χ3v) is 1.99. The predicted octanol–water partition coefficient (Wildman–Crippen LogP) is 2.46. The lowest BCUT2D eigenvalue weighted by atomic mass is 10.1. The summed E-state index contributed by atoms with van der Waals surface area (Å²) in [7, 11) is 0. The van der Waals surface area contributed by atoms with Gasteiger partial charge in [-0.15, -0.1) is 0 Å². The summed E-state index contributed by atoms with van der Waals surface area (Å²) in [5.41, 5.74) is 1.74. The van der Waals surface area contributed by atoms with Crippen molar-refractivity contribution < 1.29 is 0 Å². The van der Waals surface area contributed by atoms with Crippen molar-refractivity contribution in [3.63, 3.8) is 0 Å². The Morgan fingerprint density at radius 2 is 2.00 bits per heavy atom. The van der Waals surface area contributed by atoms with Crippen LogP contribution in [0.15, 0.2) is 6.20 Å². The monoisotopic (exact) mass is 177 g/mol. The van der Waals surface area contributed by atoms with E-state index in [1.54, 1.807) is 6.20 Å². The van der Waals surface area contributed by atoms with Gasteiger partial charge < -0.3 is 0 Å². The van der Waals surface area contributed by atoms with Crippen LogP contribution in [0.1, 0.15) is 50.9 Å². The second-order valence-electron chi connectivity index (χ2n) is 3.75. The van der Waals surface area contributed by atoms with E-state index in [2.05, 4.69) is 38.9 Å². The molecule has 0 aliphatic rings. The van der Waals surface area contributed by atoms with Crippen LogP contribution in [0.4, 0.5) is 0 Å². The highest BCUT2D eigenvalue weighted by molar-refractivity contribution is 5.33. The maximum atomic E-state index is 8.86. The molecule has 70 valence electrons. The lowest BCUT2D eigenvalue weighted by molar-refractivity contribution is 0.497. The van der Waals surface area contributed by atoms with Crippen LogP contribution in [0.3, 0.4) is 0 Å². The van der Waals surface area contributed by atoms with Crippen molar-refractivity contribution in [1.29, 1.82) is 5.26 Å². The zero-order valence-corrected chi connectivity index (χ0v) is 8.57. The van der Waals surface area contributed by atoms with Crippen molar-refractivity contribution in [1.82, 2.24) is 9.78 Å². The quantitative estimate of drug-likeness (QED) is 0.696. The number of rotatable bonds is 2. The summed E-state index contributed by atoms with van der Waals surface area (Å²) in [6, 6.07) is 2.49. The van der Waals surface area contributed by atoms with E-state index in [1.165, 1.54) is 0 Å². The minimum Gasteiger partial charge on any atom is -0.265 e. The number of hydrogen-bond donors (Lipinski definition) is 0. The smallest absolute Gasteiger partial charge is 0.103 e. The standard InChI is InChI=1S/C10H15N3/c1-7(2)10-9(5-11)6-12-13(10)8(3)4/h6-8H,1-4H3. The Morgan fingerprint density at radius 3 is 2.38 bits per heavy atom. The number of aromatic nitrogens is 2. The van der Waals surface area contributed by atoms with E-state index in [0.29, 0.717) is 17.5 Å². The van der Waals surface area contributed by atoms with Gasteiger partial charge in [0.1, 0.15) is 6.07 Å². The van der Waals surface area contributed by atoms with Crippen LogP contribution < -0.4 is 0 Å². The van der Waals surface area contributed by atoms with Gasteiger partial charge >= 0.3 is 0 Å². The van der Waals surface area contributed by atoms with E-state index in [9.17, 15) is 0 Å². The Labute approximate surface area is 79.0 Å². The summed E-state index contributed by atoms with van der Waals surface area (Å²) in [6.45, 7) is 8.30. The van der Waals surface area contributed by atoms with E-state index in [4.69, 9.17) is 5.26 Å². The lowest BCUT2D eigenvalue weighted by Crippen LogP contribution is -2.09. The van der Waals surface area contributed by atoms with Crippen molar-refractivity contribution in [3.05, 3.63) is 17.5 Å². The molecule has 0 unspecified atom stereocenters. The molecule has 0 saturated heterocycles. The van der Waals surface area contributed by atoms with E-state index < -0.39 is 0 Å². The summed E-state index contributed by atoms with van der Waals surface area (Å²) in [4.78, 5) is 0. The number of nitrogens with zero attached hydrogens (tertiary/aromatic N) is 3. The fourth-order valence-electron chi connectivity index (χ4n) is 1.44. The molecule has 1 aromatic heterocycles. The predicted molar refractivity (Wildman–Crippen MR) is 51.4 cm³/mol. The second-order valence-corrected chi connectivity index (χ2v) is 3.75. The van der Waals surface area contributed by atoms with Gasteiger partial charge in [-0.3, -0.25) is 4.68 Å². The molecule has 0 aliphatic heterocycles. The van der Waals surface area contributed by atoms with Crippen molar-refractivity contribution >= 4 is 0 Å². The largest absolute Gasteiger partial charge is 0.265 e. The fraction of sp³-hybridized carbons (Fsp3) is 0.600. The van der Waals surface area contributed by atoms with E-state index in [-0.39, 0.29) is 0 Å². The van der Waals surface area contributed by atoms with Crippen LogP contribution in [-0.4, -0.2) is 9.78 Å². The van der Waals surface area contributed by atoms with Gasteiger partial charge in [0.2, 0.25) is 0 Å². The molecule has 0 amide bonds. The van der Waals surface area contributed by atoms with Gasteiger partial charge in [0.25, 0.3) is 0 Å². The van der Waals surface area contributed by atoms with Gasteiger partial charge in [0.15, 0.2) is 0 Å². The first-order valence-electron chi connectivity index (χ1n) is 4.55. The van der Waals surface area contributed by atoms with Gasteiger partial charge in [0.05, 0.1) is 17.5 Å². The molecule has 0 atom stereocenters. The van der Waals surface area contributed by atoms with Crippen LogP contribution in [-0.2, 0) is 0 Å². The lowest BCUT2D eigenvalue weighted by Gasteiger charge is -2.13. The fourth-order valence-corrected chi connectivity index (χ4v) is 1.44. The van der Waals surface area contributed by atoms with E-state index in [0.717, 1.165) is 5.69 Å². The highest BCUT2D eigenvalue weighted by Gasteiger charge is 2.15. The van der Waals surface area contributed by atoms with Crippen molar-refractivity contribution in [3.8, 4) is 6.07 Å². The Hall–Kier alpha value is -1.30. The first-order valence-corrected chi connectivity index (χ1v) is 4.55. The molecule has 0 bridgehead atoms. The van der Waals surface area contributed by atoms with Crippen molar-refractivity contribution in [2.45, 2.75) is 39.7 Å². The Morgan fingerprint density at radius 1 is 1.38 bits per heavy atom. The van der Waals surface area contributed by atoms with Crippen molar-refractivity contribution in [2.24, 2.45) is 0 Å². The zero-order chi connectivity index (χ0) is 10.0. The maximum absolute atomic E-state index is 8.86. The van der Waals surface area contributed by atoms with Crippen LogP contribution in [0.2, 0.25) is 0 Å². The second kappa shape index (κ2) is 3.61. The molecule has 1 heterocycles. The summed E-state index contributed by atoms with van der Waals surface area (Å²) < 4.78 is 1.92. The summed E-state index contributed by atoms with van der Waals surface area (Å²) in [5.74, 6) is 0.347. The molecular weight excluding hydrogens is 162 g/mol. The minimum absolute atomic E-state index is 0.319. The molecule has 0 saturated carbocycles. The molecule has 0 N–H and O–H groups in total. The highest BCUT2D eigenvalue weighted by Crippen LogP contribution is 2.21. The highest BCUT2D eigenvalue weighted by atomic mass is 15.3. The Kier molecular flexibility index (Phi) is 2.72. The average Bonchev–Trinajstić information content (AvgIpc) is 2.46. The van der Waals surface area contributed by atoms with E-state index >= 15 is 0 Å². The van der Waals surface area contributed by atoms with Crippen LogP contribution >= 0.6 is 0 Å². The molecule has 1 aromatic rings.